The second kappa shape index (κ2) is 3.63. The van der Waals surface area contributed by atoms with Gasteiger partial charge in [0.15, 0.2) is 0 Å². The van der Waals surface area contributed by atoms with E-state index >= 15 is 0 Å². The van der Waals surface area contributed by atoms with Gasteiger partial charge in [0.1, 0.15) is 0 Å². The van der Waals surface area contributed by atoms with Crippen LogP contribution in [-0.2, 0) is 4.79 Å². The van der Waals surface area contributed by atoms with Crippen molar-refractivity contribution >= 4 is 22.9 Å². The van der Waals surface area contributed by atoms with Crippen molar-refractivity contribution < 1.29 is 4.79 Å². The summed E-state index contributed by atoms with van der Waals surface area (Å²) in [6.07, 6.45) is 4.60. The van der Waals surface area contributed by atoms with Gasteiger partial charge < -0.3 is 4.90 Å². The Hall–Kier alpha value is -0.830. The van der Waals surface area contributed by atoms with E-state index in [1.54, 1.807) is 11.3 Å². The lowest BCUT2D eigenvalue weighted by atomic mass is 10.0. The number of anilines is 1. The molecule has 15 heavy (non-hydrogen) atoms. The van der Waals surface area contributed by atoms with E-state index in [1.807, 2.05) is 16.3 Å². The number of nitrogens with zero attached hydrogens (tertiary/aromatic N) is 1. The predicted octanol–water partition coefficient (Wildman–Crippen LogP) is 3.10. The summed E-state index contributed by atoms with van der Waals surface area (Å²) >= 11 is 1.66. The number of carbonyl (C=O) groups is 1. The van der Waals surface area contributed by atoms with Crippen LogP contribution in [0.15, 0.2) is 11.4 Å². The number of amides is 1. The third-order valence-corrected chi connectivity index (χ3v) is 3.29. The minimum absolute atomic E-state index is 0.154. The van der Waals surface area contributed by atoms with E-state index in [4.69, 9.17) is 0 Å². The molecule has 0 saturated carbocycles. The molecule has 2 heterocycles. The minimum Gasteiger partial charge on any atom is -0.306 e. The second-order valence-electron chi connectivity index (χ2n) is 4.71. The zero-order valence-electron chi connectivity index (χ0n) is 9.33. The zero-order valence-corrected chi connectivity index (χ0v) is 10.1. The Labute approximate surface area is 94.9 Å². The van der Waals surface area contributed by atoms with Crippen LogP contribution in [-0.4, -0.2) is 11.4 Å². The summed E-state index contributed by atoms with van der Waals surface area (Å²) in [4.78, 5) is 15.0. The molecule has 0 atom stereocenters. The van der Waals surface area contributed by atoms with Gasteiger partial charge in [-0.15, -0.1) is 11.3 Å². The SMILES string of the molecule is CC(C)(C)N1C(=O)CC[C]c2sccc21. The molecule has 1 aromatic heterocycles. The Balaban J connectivity index is 2.47. The maximum atomic E-state index is 12.0. The van der Waals surface area contributed by atoms with Gasteiger partial charge >= 0.3 is 0 Å². The summed E-state index contributed by atoms with van der Waals surface area (Å²) in [5.41, 5.74) is 0.869. The Kier molecular flexibility index (Phi) is 2.59. The molecular weight excluding hydrogens is 206 g/mol. The first-order valence-electron chi connectivity index (χ1n) is 5.14. The van der Waals surface area contributed by atoms with E-state index in [0.717, 1.165) is 17.0 Å². The molecule has 0 aliphatic carbocycles. The van der Waals surface area contributed by atoms with Crippen LogP contribution >= 0.6 is 11.3 Å². The van der Waals surface area contributed by atoms with Crippen LogP contribution in [0.25, 0.3) is 0 Å². The van der Waals surface area contributed by atoms with Gasteiger partial charge in [-0.2, -0.15) is 0 Å². The lowest BCUT2D eigenvalue weighted by Crippen LogP contribution is -2.45. The first-order chi connectivity index (χ1) is 7.00. The van der Waals surface area contributed by atoms with Gasteiger partial charge in [-0.3, -0.25) is 4.79 Å². The second-order valence-corrected chi connectivity index (χ2v) is 5.63. The van der Waals surface area contributed by atoms with Crippen molar-refractivity contribution in [1.29, 1.82) is 0 Å². The van der Waals surface area contributed by atoms with Crippen LogP contribution in [0.2, 0.25) is 0 Å². The van der Waals surface area contributed by atoms with Crippen LogP contribution in [0, 0.1) is 6.42 Å². The molecule has 3 heteroatoms. The molecule has 0 fully saturated rings. The highest BCUT2D eigenvalue weighted by atomic mass is 32.1. The third kappa shape index (κ3) is 1.93. The molecule has 0 bridgehead atoms. The number of rotatable bonds is 0. The molecule has 80 valence electrons. The molecule has 1 aromatic rings. The molecule has 2 nitrogen and oxygen atoms in total. The summed E-state index contributed by atoms with van der Waals surface area (Å²) in [6, 6.07) is 2.02. The van der Waals surface area contributed by atoms with Crippen molar-refractivity contribution in [1.82, 2.24) is 0 Å². The van der Waals surface area contributed by atoms with Crippen LogP contribution in [0.3, 0.4) is 0 Å². The van der Waals surface area contributed by atoms with Gasteiger partial charge in [0.05, 0.1) is 5.69 Å². The smallest absolute Gasteiger partial charge is 0.227 e. The quantitative estimate of drug-likeness (QED) is 0.659. The number of fused-ring (bicyclic) bond motifs is 1. The van der Waals surface area contributed by atoms with Crippen LogP contribution in [0.5, 0.6) is 0 Å². The molecule has 0 spiro atoms. The van der Waals surface area contributed by atoms with Crippen LogP contribution < -0.4 is 4.90 Å². The topological polar surface area (TPSA) is 20.3 Å². The summed E-state index contributed by atoms with van der Waals surface area (Å²) in [5.74, 6) is 0.201. The summed E-state index contributed by atoms with van der Waals surface area (Å²) in [7, 11) is 0. The van der Waals surface area contributed by atoms with E-state index < -0.39 is 0 Å². The van der Waals surface area contributed by atoms with Crippen LogP contribution in [0.4, 0.5) is 5.69 Å². The molecule has 0 saturated heterocycles. The number of carbonyl (C=O) groups excluding carboxylic acids is 1. The highest BCUT2D eigenvalue weighted by Gasteiger charge is 2.31. The van der Waals surface area contributed by atoms with Gasteiger partial charge in [0, 0.05) is 23.3 Å². The molecular formula is C12H15NOS. The van der Waals surface area contributed by atoms with E-state index in [0.29, 0.717) is 6.42 Å². The van der Waals surface area contributed by atoms with Crippen molar-refractivity contribution in [2.45, 2.75) is 39.2 Å². The maximum Gasteiger partial charge on any atom is 0.227 e. The molecule has 2 radical (unpaired) electrons. The first-order valence-corrected chi connectivity index (χ1v) is 6.02. The Morgan fingerprint density at radius 3 is 2.87 bits per heavy atom. The van der Waals surface area contributed by atoms with Gasteiger partial charge in [0.25, 0.3) is 0 Å². The average molecular weight is 221 g/mol. The molecule has 1 aliphatic heterocycles. The van der Waals surface area contributed by atoms with Crippen LogP contribution in [0.1, 0.15) is 38.5 Å². The molecule has 1 aliphatic rings. The van der Waals surface area contributed by atoms with Gasteiger partial charge in [0.2, 0.25) is 5.91 Å². The first kappa shape index (κ1) is 10.7. The van der Waals surface area contributed by atoms with E-state index in [9.17, 15) is 4.79 Å². The van der Waals surface area contributed by atoms with E-state index in [2.05, 4.69) is 27.2 Å². The van der Waals surface area contributed by atoms with Crippen molar-refractivity contribution in [3.8, 4) is 0 Å². The Morgan fingerprint density at radius 2 is 2.20 bits per heavy atom. The standard InChI is InChI=1S/C12H15NOS/c1-12(2,3)13-9-7-8-15-10(9)5-4-6-11(13)14/h7-8H,4,6H2,1-3H3. The van der Waals surface area contributed by atoms with Crippen molar-refractivity contribution in [3.63, 3.8) is 0 Å². The molecule has 0 N–H and O–H groups in total. The van der Waals surface area contributed by atoms with Crippen molar-refractivity contribution in [2.75, 3.05) is 4.90 Å². The van der Waals surface area contributed by atoms with Gasteiger partial charge in [-0.25, -0.2) is 0 Å². The average Bonchev–Trinajstić information content (AvgIpc) is 2.45. The number of thiophene rings is 1. The lowest BCUT2D eigenvalue weighted by molar-refractivity contribution is -0.119. The fourth-order valence-electron chi connectivity index (χ4n) is 1.88. The fraction of sp³-hybridized carbons (Fsp3) is 0.500. The predicted molar refractivity (Wildman–Crippen MR) is 63.1 cm³/mol. The maximum absolute atomic E-state index is 12.0. The zero-order chi connectivity index (χ0) is 11.1. The number of hydrogen-bond acceptors (Lipinski definition) is 2. The summed E-state index contributed by atoms with van der Waals surface area (Å²) < 4.78 is 0. The minimum atomic E-state index is -0.154. The summed E-state index contributed by atoms with van der Waals surface area (Å²) in [5, 5.41) is 2.02. The largest absolute Gasteiger partial charge is 0.306 e. The molecule has 0 aromatic carbocycles. The highest BCUT2D eigenvalue weighted by Crippen LogP contribution is 2.36. The molecule has 2 rings (SSSR count). The normalized spacial score (nSPS) is 17.5. The Bertz CT molecular complexity index is 375. The molecule has 0 unspecified atom stereocenters. The highest BCUT2D eigenvalue weighted by molar-refractivity contribution is 7.10. The summed E-state index contributed by atoms with van der Waals surface area (Å²) in [6.45, 7) is 6.20. The lowest BCUT2D eigenvalue weighted by Gasteiger charge is -2.35. The van der Waals surface area contributed by atoms with Crippen molar-refractivity contribution in [2.24, 2.45) is 0 Å². The monoisotopic (exact) mass is 221 g/mol. The fourth-order valence-corrected chi connectivity index (χ4v) is 2.67. The molecule has 1 amide bonds. The Morgan fingerprint density at radius 1 is 1.47 bits per heavy atom. The van der Waals surface area contributed by atoms with E-state index in [1.165, 1.54) is 0 Å². The van der Waals surface area contributed by atoms with Crippen molar-refractivity contribution in [3.05, 3.63) is 22.7 Å². The van der Waals surface area contributed by atoms with Gasteiger partial charge in [-0.05, 0) is 38.6 Å². The number of hydrogen-bond donors (Lipinski definition) is 0. The van der Waals surface area contributed by atoms with E-state index in [-0.39, 0.29) is 11.4 Å². The van der Waals surface area contributed by atoms with Gasteiger partial charge in [-0.1, -0.05) is 0 Å². The third-order valence-electron chi connectivity index (χ3n) is 2.43.